The van der Waals surface area contributed by atoms with Gasteiger partial charge in [0.25, 0.3) is 0 Å². The molecule has 0 unspecified atom stereocenters. The highest BCUT2D eigenvalue weighted by Crippen LogP contribution is 2.44. The fraction of sp³-hybridized carbons (Fsp3) is 0. The Morgan fingerprint density at radius 1 is 0.404 bits per heavy atom. The largest absolute Gasteiger partial charge is 0.309 e. The van der Waals surface area contributed by atoms with Crippen molar-refractivity contribution in [2.75, 3.05) is 0 Å². The molecule has 0 aliphatic rings. The molecule has 6 heterocycles. The molecule has 0 bridgehead atoms. The molecule has 6 aromatic heterocycles. The second-order valence-electron chi connectivity index (χ2n) is 12.2. The van der Waals surface area contributed by atoms with E-state index in [0.717, 1.165) is 55.2 Å². The molecule has 6 nitrogen and oxygen atoms in total. The number of hydrogen-bond donors (Lipinski definition) is 0. The zero-order valence-corrected chi connectivity index (χ0v) is 25.0. The number of para-hydroxylation sites is 3. The van der Waals surface area contributed by atoms with E-state index in [1.807, 2.05) is 30.9 Å². The third kappa shape index (κ3) is 3.21. The predicted octanol–water partition coefficient (Wildman–Crippen LogP) is 9.78. The number of fused-ring (bicyclic) bond motifs is 15. The van der Waals surface area contributed by atoms with Crippen LogP contribution in [0.2, 0.25) is 0 Å². The maximum Gasteiger partial charge on any atom is 0.146 e. The van der Waals surface area contributed by atoms with Crippen molar-refractivity contribution >= 4 is 82.0 Å². The Hall–Kier alpha value is -6.53. The number of pyridine rings is 3. The topological polar surface area (TPSA) is 52.9 Å². The van der Waals surface area contributed by atoms with Crippen LogP contribution in [0.15, 0.2) is 146 Å². The van der Waals surface area contributed by atoms with Gasteiger partial charge in [-0.25, -0.2) is 4.98 Å². The molecule has 0 atom stereocenters. The Balaban J connectivity index is 1.42. The van der Waals surface area contributed by atoms with Crippen LogP contribution >= 0.6 is 0 Å². The quantitative estimate of drug-likeness (QED) is 0.186. The van der Waals surface area contributed by atoms with Gasteiger partial charge in [-0.3, -0.25) is 14.4 Å². The first-order chi connectivity index (χ1) is 23.3. The highest BCUT2D eigenvalue weighted by molar-refractivity contribution is 6.31. The van der Waals surface area contributed by atoms with Gasteiger partial charge in [-0.05, 0) is 72.1 Å². The highest BCUT2D eigenvalue weighted by Gasteiger charge is 2.23. The molecule has 0 saturated heterocycles. The van der Waals surface area contributed by atoms with Crippen molar-refractivity contribution in [1.29, 1.82) is 0 Å². The molecule has 218 valence electrons. The normalized spacial score (nSPS) is 12.3. The summed E-state index contributed by atoms with van der Waals surface area (Å²) < 4.78 is 7.03. The first-order valence-corrected chi connectivity index (χ1v) is 15.8. The Kier molecular flexibility index (Phi) is 4.75. The van der Waals surface area contributed by atoms with Gasteiger partial charge >= 0.3 is 0 Å². The van der Waals surface area contributed by atoms with Gasteiger partial charge < -0.3 is 9.13 Å². The lowest BCUT2D eigenvalue weighted by Crippen LogP contribution is -1.95. The standard InChI is InChI=1S/C41H24N6/c1-3-9-25(10-4-1)45-33-14-8-7-13-28(33)39-34(45)15-16-35-40(39)31-21-30-29(22-36(31)46(35)26-11-5-2-6-12-26)27-17-19-42-23-37(27)47-38-24-43-20-18-32(38)44-41(30)47/h1-24H. The summed E-state index contributed by atoms with van der Waals surface area (Å²) in [4.78, 5) is 14.2. The molecule has 47 heavy (non-hydrogen) atoms. The number of benzene rings is 5. The third-order valence-electron chi connectivity index (χ3n) is 9.76. The Bertz CT molecular complexity index is 3060. The second kappa shape index (κ2) is 9.02. The molecule has 11 rings (SSSR count). The summed E-state index contributed by atoms with van der Waals surface area (Å²) in [7, 11) is 0. The molecule has 0 radical (unpaired) electrons. The Morgan fingerprint density at radius 2 is 1.04 bits per heavy atom. The van der Waals surface area contributed by atoms with E-state index in [-0.39, 0.29) is 0 Å². The fourth-order valence-corrected chi connectivity index (χ4v) is 7.87. The molecule has 11 aromatic rings. The minimum Gasteiger partial charge on any atom is -0.309 e. The lowest BCUT2D eigenvalue weighted by molar-refractivity contribution is 1.17. The van der Waals surface area contributed by atoms with E-state index in [9.17, 15) is 0 Å². The van der Waals surface area contributed by atoms with Gasteiger partial charge in [-0.15, -0.1) is 0 Å². The Labute approximate surface area is 267 Å². The summed E-state index contributed by atoms with van der Waals surface area (Å²) in [5.41, 5.74) is 10.8. The van der Waals surface area contributed by atoms with Crippen molar-refractivity contribution in [3.63, 3.8) is 0 Å². The Morgan fingerprint density at radius 3 is 1.81 bits per heavy atom. The van der Waals surface area contributed by atoms with Crippen LogP contribution < -0.4 is 0 Å². The summed E-state index contributed by atoms with van der Waals surface area (Å²) >= 11 is 0. The van der Waals surface area contributed by atoms with Gasteiger partial charge in [-0.1, -0.05) is 54.6 Å². The van der Waals surface area contributed by atoms with Crippen LogP contribution in [0.4, 0.5) is 0 Å². The molecular formula is C41H24N6. The van der Waals surface area contributed by atoms with Crippen LogP contribution in [0.5, 0.6) is 0 Å². The van der Waals surface area contributed by atoms with Gasteiger partial charge in [0.15, 0.2) is 0 Å². The summed E-state index contributed by atoms with van der Waals surface area (Å²) in [6.07, 6.45) is 7.52. The van der Waals surface area contributed by atoms with E-state index < -0.39 is 0 Å². The fourth-order valence-electron chi connectivity index (χ4n) is 7.87. The highest BCUT2D eigenvalue weighted by atomic mass is 15.0. The molecule has 0 N–H and O–H groups in total. The number of nitrogens with zero attached hydrogens (tertiary/aromatic N) is 6. The molecule has 0 fully saturated rings. The van der Waals surface area contributed by atoms with Crippen LogP contribution in [-0.4, -0.2) is 28.5 Å². The lowest BCUT2D eigenvalue weighted by Gasteiger charge is -2.11. The van der Waals surface area contributed by atoms with Crippen molar-refractivity contribution < 1.29 is 0 Å². The van der Waals surface area contributed by atoms with Gasteiger partial charge in [-0.2, -0.15) is 0 Å². The monoisotopic (exact) mass is 600 g/mol. The average Bonchev–Trinajstić information content (AvgIpc) is 3.79. The molecule has 0 aliphatic heterocycles. The number of imidazole rings is 1. The summed E-state index contributed by atoms with van der Waals surface area (Å²) in [6.45, 7) is 0. The van der Waals surface area contributed by atoms with Crippen molar-refractivity contribution in [3.8, 4) is 11.4 Å². The van der Waals surface area contributed by atoms with E-state index in [4.69, 9.17) is 4.98 Å². The SMILES string of the molecule is c1ccc(-n2c3ccccc3c3c4c5cc6c(cc5n(-c5ccccc5)c4ccc32)c2ccncc2n2c3cnccc3nc62)cc1. The van der Waals surface area contributed by atoms with E-state index in [2.05, 4.69) is 139 Å². The first-order valence-electron chi connectivity index (χ1n) is 15.8. The maximum absolute atomic E-state index is 5.19. The number of rotatable bonds is 2. The maximum atomic E-state index is 5.19. The summed E-state index contributed by atoms with van der Waals surface area (Å²) in [6, 6.07) is 43.5. The number of hydrogen-bond acceptors (Lipinski definition) is 3. The first kappa shape index (κ1) is 24.8. The summed E-state index contributed by atoms with van der Waals surface area (Å²) in [5, 5.41) is 8.29. The minimum absolute atomic E-state index is 0.907. The zero-order valence-electron chi connectivity index (χ0n) is 25.0. The molecule has 0 aliphatic carbocycles. The summed E-state index contributed by atoms with van der Waals surface area (Å²) in [5.74, 6) is 0. The van der Waals surface area contributed by atoms with Crippen LogP contribution in [0.25, 0.3) is 93.3 Å². The van der Waals surface area contributed by atoms with Crippen molar-refractivity contribution in [2.24, 2.45) is 0 Å². The van der Waals surface area contributed by atoms with Crippen molar-refractivity contribution in [1.82, 2.24) is 28.5 Å². The molecule has 6 heteroatoms. The number of aromatic nitrogens is 6. The van der Waals surface area contributed by atoms with Crippen LogP contribution in [0.1, 0.15) is 0 Å². The van der Waals surface area contributed by atoms with E-state index in [1.165, 1.54) is 38.1 Å². The molecular weight excluding hydrogens is 576 g/mol. The van der Waals surface area contributed by atoms with Gasteiger partial charge in [0.1, 0.15) is 5.65 Å². The molecule has 0 spiro atoms. The van der Waals surface area contributed by atoms with Gasteiger partial charge in [0.2, 0.25) is 0 Å². The lowest BCUT2D eigenvalue weighted by atomic mass is 10.0. The van der Waals surface area contributed by atoms with Crippen molar-refractivity contribution in [2.45, 2.75) is 0 Å². The third-order valence-corrected chi connectivity index (χ3v) is 9.76. The van der Waals surface area contributed by atoms with E-state index in [0.29, 0.717) is 0 Å². The van der Waals surface area contributed by atoms with E-state index >= 15 is 0 Å². The van der Waals surface area contributed by atoms with Gasteiger partial charge in [0.05, 0.1) is 51.0 Å². The predicted molar refractivity (Wildman–Crippen MR) is 192 cm³/mol. The zero-order chi connectivity index (χ0) is 30.6. The molecule has 0 amide bonds. The molecule has 0 saturated carbocycles. The van der Waals surface area contributed by atoms with Crippen molar-refractivity contribution in [3.05, 3.63) is 146 Å². The molecule has 5 aromatic carbocycles. The average molecular weight is 601 g/mol. The van der Waals surface area contributed by atoms with Gasteiger partial charge in [0, 0.05) is 56.1 Å². The van der Waals surface area contributed by atoms with Crippen LogP contribution in [0.3, 0.4) is 0 Å². The van der Waals surface area contributed by atoms with Crippen LogP contribution in [0, 0.1) is 0 Å². The smallest absolute Gasteiger partial charge is 0.146 e. The van der Waals surface area contributed by atoms with E-state index in [1.54, 1.807) is 0 Å². The second-order valence-corrected chi connectivity index (χ2v) is 12.2. The van der Waals surface area contributed by atoms with Crippen LogP contribution in [-0.2, 0) is 0 Å². The minimum atomic E-state index is 0.907.